The summed E-state index contributed by atoms with van der Waals surface area (Å²) in [4.78, 5) is 17.0. The topological polar surface area (TPSA) is 106 Å². The van der Waals surface area contributed by atoms with Crippen LogP contribution in [-0.4, -0.2) is 36.1 Å². The molecular weight excluding hydrogens is 366 g/mol. The molecule has 0 bridgehead atoms. The molecule has 1 fully saturated rings. The van der Waals surface area contributed by atoms with Crippen molar-refractivity contribution in [2.75, 3.05) is 7.05 Å². The summed E-state index contributed by atoms with van der Waals surface area (Å²) in [6.07, 6.45) is 4.58. The van der Waals surface area contributed by atoms with Gasteiger partial charge in [-0.25, -0.2) is 22.8 Å². The zero-order valence-corrected chi connectivity index (χ0v) is 16.4. The maximum atomic E-state index is 12.5. The average Bonchev–Trinajstić information content (AvgIpc) is 3.41. The molecule has 1 aromatic carbocycles. The van der Waals surface area contributed by atoms with Crippen LogP contribution < -0.4 is 10.0 Å². The van der Waals surface area contributed by atoms with Crippen LogP contribution in [0.25, 0.3) is 0 Å². The molecule has 9 heteroatoms. The molecule has 0 radical (unpaired) electrons. The van der Waals surface area contributed by atoms with Crippen LogP contribution in [0.5, 0.6) is 0 Å². The summed E-state index contributed by atoms with van der Waals surface area (Å²) in [6, 6.07) is 6.49. The molecule has 146 valence electrons. The Morgan fingerprint density at radius 3 is 2.59 bits per heavy atom. The first kappa shape index (κ1) is 19.5. The van der Waals surface area contributed by atoms with Crippen LogP contribution in [0.4, 0.5) is 0 Å². The van der Waals surface area contributed by atoms with E-state index >= 15 is 0 Å². The fourth-order valence-corrected chi connectivity index (χ4v) is 3.77. The lowest BCUT2D eigenvalue weighted by atomic mass is 10.1. The van der Waals surface area contributed by atoms with E-state index in [0.29, 0.717) is 18.8 Å². The van der Waals surface area contributed by atoms with Gasteiger partial charge >= 0.3 is 0 Å². The lowest BCUT2D eigenvalue weighted by molar-refractivity contribution is -0.122. The van der Waals surface area contributed by atoms with Gasteiger partial charge in [-0.2, -0.15) is 5.10 Å². The summed E-state index contributed by atoms with van der Waals surface area (Å²) >= 11 is 0. The molecule has 1 aliphatic rings. The van der Waals surface area contributed by atoms with E-state index < -0.39 is 10.0 Å². The number of hydrogen-bond donors (Lipinski definition) is 2. The molecule has 2 N–H and O–H groups in total. The van der Waals surface area contributed by atoms with Gasteiger partial charge in [0.05, 0.1) is 10.9 Å². The van der Waals surface area contributed by atoms with Gasteiger partial charge in [-0.15, -0.1) is 0 Å². The smallest absolute Gasteiger partial charge is 0.240 e. The highest BCUT2D eigenvalue weighted by Crippen LogP contribution is 2.40. The number of benzene rings is 1. The highest BCUT2D eigenvalue weighted by atomic mass is 32.2. The number of aromatic nitrogens is 3. The van der Waals surface area contributed by atoms with E-state index in [9.17, 15) is 13.2 Å². The van der Waals surface area contributed by atoms with E-state index in [4.69, 9.17) is 0 Å². The average molecular weight is 391 g/mol. The first-order valence-corrected chi connectivity index (χ1v) is 10.6. The Morgan fingerprint density at radius 1 is 1.30 bits per heavy atom. The summed E-state index contributed by atoms with van der Waals surface area (Å²) in [5.74, 6) is 1.20. The summed E-state index contributed by atoms with van der Waals surface area (Å²) < 4.78 is 27.6. The molecule has 0 aliphatic heterocycles. The van der Waals surface area contributed by atoms with Crippen molar-refractivity contribution in [3.05, 3.63) is 42.0 Å². The van der Waals surface area contributed by atoms with Gasteiger partial charge in [0, 0.05) is 13.0 Å². The first-order valence-electron chi connectivity index (χ1n) is 9.14. The Balaban J connectivity index is 1.59. The molecule has 27 heavy (non-hydrogen) atoms. The van der Waals surface area contributed by atoms with Crippen LogP contribution >= 0.6 is 0 Å². The van der Waals surface area contributed by atoms with Gasteiger partial charge in [0.25, 0.3) is 0 Å². The Labute approximate surface area is 159 Å². The van der Waals surface area contributed by atoms with E-state index in [-0.39, 0.29) is 16.8 Å². The van der Waals surface area contributed by atoms with Crippen LogP contribution in [0.3, 0.4) is 0 Å². The summed E-state index contributed by atoms with van der Waals surface area (Å²) in [7, 11) is -2.06. The summed E-state index contributed by atoms with van der Waals surface area (Å²) in [5.41, 5.74) is 0.917. The van der Waals surface area contributed by atoms with Gasteiger partial charge in [0.15, 0.2) is 0 Å². The molecule has 1 saturated carbocycles. The van der Waals surface area contributed by atoms with Crippen molar-refractivity contribution in [3.63, 3.8) is 0 Å². The third-order valence-electron chi connectivity index (χ3n) is 4.78. The van der Waals surface area contributed by atoms with Gasteiger partial charge in [-0.3, -0.25) is 4.79 Å². The largest absolute Gasteiger partial charge is 0.346 e. The Bertz CT molecular complexity index is 888. The van der Waals surface area contributed by atoms with E-state index in [2.05, 4.69) is 20.1 Å². The number of hydrogen-bond acceptors (Lipinski definition) is 5. The van der Waals surface area contributed by atoms with Gasteiger partial charge in [0.1, 0.15) is 12.2 Å². The summed E-state index contributed by atoms with van der Waals surface area (Å²) in [6.45, 7) is 2.72. The first-order chi connectivity index (χ1) is 12.9. The molecule has 3 rings (SSSR count). The van der Waals surface area contributed by atoms with Gasteiger partial charge in [0.2, 0.25) is 15.9 Å². The molecule has 1 unspecified atom stereocenters. The van der Waals surface area contributed by atoms with Gasteiger partial charge < -0.3 is 5.32 Å². The van der Waals surface area contributed by atoms with Gasteiger partial charge in [-0.05, 0) is 56.8 Å². The number of rotatable bonds is 9. The predicted octanol–water partition coefficient (Wildman–Crippen LogP) is 1.41. The second kappa shape index (κ2) is 8.18. The Morgan fingerprint density at radius 2 is 2.00 bits per heavy atom. The lowest BCUT2D eigenvalue weighted by Gasteiger charge is -2.18. The van der Waals surface area contributed by atoms with Crippen LogP contribution in [-0.2, 0) is 27.8 Å². The number of carbonyl (C=O) groups is 1. The Kier molecular flexibility index (Phi) is 5.91. The molecular formula is C18H25N5O3S. The minimum atomic E-state index is -3.44. The highest BCUT2D eigenvalue weighted by Gasteiger charge is 2.36. The number of nitrogens with one attached hydrogen (secondary N) is 2. The fraction of sp³-hybridized carbons (Fsp3) is 0.500. The van der Waals surface area contributed by atoms with Crippen molar-refractivity contribution in [1.29, 1.82) is 0 Å². The maximum Gasteiger partial charge on any atom is 0.240 e. The number of amides is 1. The molecule has 1 atom stereocenters. The molecule has 1 aliphatic carbocycles. The molecule has 1 heterocycles. The predicted molar refractivity (Wildman–Crippen MR) is 100 cm³/mol. The van der Waals surface area contributed by atoms with Gasteiger partial charge in [-0.1, -0.05) is 12.1 Å². The molecule has 1 aromatic heterocycles. The molecule has 8 nitrogen and oxygen atoms in total. The highest BCUT2D eigenvalue weighted by molar-refractivity contribution is 7.89. The van der Waals surface area contributed by atoms with Crippen LogP contribution in [0.1, 0.15) is 43.6 Å². The minimum absolute atomic E-state index is 0.0375. The van der Waals surface area contributed by atoms with E-state index in [1.807, 2.05) is 11.6 Å². The quantitative estimate of drug-likeness (QED) is 0.672. The third kappa shape index (κ3) is 4.72. The molecule has 0 spiro atoms. The van der Waals surface area contributed by atoms with Crippen molar-refractivity contribution >= 4 is 15.9 Å². The standard InChI is InChI=1S/C18H25N5O3S/c1-3-23-18(20-12-21-23)17(14-7-8-14)22-16(24)11-6-13-4-9-15(10-5-13)27(25,26)19-2/h4-5,9-10,12,14,17,19H,3,6-8,11H2,1-2H3,(H,22,24). The SMILES string of the molecule is CCn1ncnc1C(NC(=O)CCc1ccc(S(=O)(=O)NC)cc1)C1CC1. The number of carbonyl (C=O) groups excluding carboxylic acids is 1. The minimum Gasteiger partial charge on any atom is -0.346 e. The second-order valence-corrected chi connectivity index (χ2v) is 8.55. The van der Waals surface area contributed by atoms with Crippen molar-refractivity contribution in [2.24, 2.45) is 5.92 Å². The zero-order chi connectivity index (χ0) is 19.4. The van der Waals surface area contributed by atoms with E-state index in [1.165, 1.54) is 13.4 Å². The van der Waals surface area contributed by atoms with E-state index in [0.717, 1.165) is 30.8 Å². The number of nitrogens with zero attached hydrogens (tertiary/aromatic N) is 3. The van der Waals surface area contributed by atoms with Crippen molar-refractivity contribution < 1.29 is 13.2 Å². The van der Waals surface area contributed by atoms with Crippen molar-refractivity contribution in [1.82, 2.24) is 24.8 Å². The number of aryl methyl sites for hydroxylation is 2. The van der Waals surface area contributed by atoms with Crippen molar-refractivity contribution in [2.45, 2.75) is 50.1 Å². The van der Waals surface area contributed by atoms with E-state index in [1.54, 1.807) is 24.3 Å². The van der Waals surface area contributed by atoms with Crippen LogP contribution in [0.2, 0.25) is 0 Å². The number of sulfonamides is 1. The zero-order valence-electron chi connectivity index (χ0n) is 15.6. The Hall–Kier alpha value is -2.26. The maximum absolute atomic E-state index is 12.5. The summed E-state index contributed by atoms with van der Waals surface area (Å²) in [5, 5.41) is 7.30. The lowest BCUT2D eigenvalue weighted by Crippen LogP contribution is -2.32. The second-order valence-electron chi connectivity index (χ2n) is 6.67. The van der Waals surface area contributed by atoms with Crippen molar-refractivity contribution in [3.8, 4) is 0 Å². The fourth-order valence-electron chi connectivity index (χ4n) is 3.04. The third-order valence-corrected chi connectivity index (χ3v) is 6.21. The molecule has 2 aromatic rings. The monoisotopic (exact) mass is 391 g/mol. The normalized spacial score (nSPS) is 15.5. The molecule has 0 saturated heterocycles. The molecule has 1 amide bonds. The van der Waals surface area contributed by atoms with Crippen LogP contribution in [0, 0.1) is 5.92 Å². The van der Waals surface area contributed by atoms with Crippen LogP contribution in [0.15, 0.2) is 35.5 Å².